The third-order valence-corrected chi connectivity index (χ3v) is 2.86. The van der Waals surface area contributed by atoms with E-state index in [4.69, 9.17) is 6.42 Å². The van der Waals surface area contributed by atoms with Crippen LogP contribution in [-0.2, 0) is 24.1 Å². The predicted molar refractivity (Wildman–Crippen MR) is 62.1 cm³/mol. The fourth-order valence-electron chi connectivity index (χ4n) is 1.93. The number of alkyl halides is 3. The minimum Gasteiger partial charge on any atom is -0.332 e. The number of carbonyl (C=O) groups is 1. The Hall–Kier alpha value is -2.08. The second-order valence-electron chi connectivity index (χ2n) is 4.21. The highest BCUT2D eigenvalue weighted by molar-refractivity contribution is 5.78. The van der Waals surface area contributed by atoms with E-state index in [1.54, 1.807) is 0 Å². The molecule has 2 rings (SSSR count). The quantitative estimate of drug-likeness (QED) is 0.621. The van der Waals surface area contributed by atoms with Crippen LogP contribution >= 0.6 is 0 Å². The lowest BCUT2D eigenvalue weighted by atomic mass is 10.3. The number of nitrogens with zero attached hydrogens (tertiary/aromatic N) is 4. The van der Waals surface area contributed by atoms with E-state index in [-0.39, 0.29) is 44.5 Å². The summed E-state index contributed by atoms with van der Waals surface area (Å²) in [6.07, 6.45) is 0.498. The molecule has 1 aliphatic rings. The van der Waals surface area contributed by atoms with Crippen LogP contribution in [0.2, 0.25) is 0 Å². The monoisotopic (exact) mass is 287 g/mol. The van der Waals surface area contributed by atoms with Crippen molar-refractivity contribution in [3.05, 3.63) is 11.6 Å². The molecule has 1 aromatic heterocycles. The normalized spacial score (nSPS) is 14.8. The minimum atomic E-state index is -4.54. The molecule has 1 amide bonds. The molecule has 0 bridgehead atoms. The Bertz CT molecular complexity index is 545. The molecule has 108 valence electrons. The number of hydrogen-bond donors (Lipinski definition) is 1. The molecule has 0 unspecified atom stereocenters. The van der Waals surface area contributed by atoms with Crippen LogP contribution < -0.4 is 5.32 Å². The zero-order chi connectivity index (χ0) is 14.8. The number of halogens is 3. The van der Waals surface area contributed by atoms with E-state index in [1.165, 1.54) is 4.90 Å². The molecule has 0 spiro atoms. The van der Waals surface area contributed by atoms with Crippen molar-refractivity contribution in [2.24, 2.45) is 0 Å². The summed E-state index contributed by atoms with van der Waals surface area (Å²) in [7, 11) is 0. The number of carbonyl (C=O) groups excluding carboxylic acids is 1. The topological polar surface area (TPSA) is 63.1 Å². The van der Waals surface area contributed by atoms with E-state index in [1.807, 2.05) is 0 Å². The van der Waals surface area contributed by atoms with Crippen LogP contribution in [0.25, 0.3) is 0 Å². The van der Waals surface area contributed by atoms with Crippen LogP contribution in [0, 0.1) is 12.3 Å². The van der Waals surface area contributed by atoms with Crippen molar-refractivity contribution in [1.29, 1.82) is 0 Å². The third kappa shape index (κ3) is 2.91. The van der Waals surface area contributed by atoms with Crippen LogP contribution in [0.5, 0.6) is 0 Å². The highest BCUT2D eigenvalue weighted by Gasteiger charge is 2.39. The van der Waals surface area contributed by atoms with Crippen LogP contribution in [0.3, 0.4) is 0 Å². The third-order valence-electron chi connectivity index (χ3n) is 2.86. The van der Waals surface area contributed by atoms with E-state index in [0.717, 1.165) is 4.57 Å². The number of nitrogens with one attached hydrogen (secondary N) is 1. The first-order valence-electron chi connectivity index (χ1n) is 5.84. The smallest absolute Gasteiger partial charge is 0.332 e. The first kappa shape index (κ1) is 14.3. The van der Waals surface area contributed by atoms with E-state index in [2.05, 4.69) is 21.4 Å². The molecular formula is C11H12F3N5O. The van der Waals surface area contributed by atoms with Crippen molar-refractivity contribution in [2.75, 3.05) is 19.6 Å². The summed E-state index contributed by atoms with van der Waals surface area (Å²) in [6.45, 7) is 0.529. The zero-order valence-electron chi connectivity index (χ0n) is 10.4. The first-order valence-corrected chi connectivity index (χ1v) is 5.84. The zero-order valence-corrected chi connectivity index (χ0v) is 10.4. The lowest BCUT2D eigenvalue weighted by Crippen LogP contribution is -2.43. The highest BCUT2D eigenvalue weighted by Crippen LogP contribution is 2.29. The van der Waals surface area contributed by atoms with E-state index >= 15 is 0 Å². The van der Waals surface area contributed by atoms with Crippen LogP contribution in [0.1, 0.15) is 11.6 Å². The van der Waals surface area contributed by atoms with Gasteiger partial charge >= 0.3 is 6.18 Å². The molecule has 6 nitrogen and oxygen atoms in total. The second-order valence-corrected chi connectivity index (χ2v) is 4.21. The molecule has 0 saturated carbocycles. The minimum absolute atomic E-state index is 0.0135. The Morgan fingerprint density at radius 3 is 2.80 bits per heavy atom. The number of amides is 1. The van der Waals surface area contributed by atoms with Gasteiger partial charge in [0.25, 0.3) is 0 Å². The number of terminal acetylenes is 1. The van der Waals surface area contributed by atoms with Crippen molar-refractivity contribution in [3.63, 3.8) is 0 Å². The molecule has 9 heteroatoms. The van der Waals surface area contributed by atoms with Crippen LogP contribution in [0.4, 0.5) is 13.2 Å². The van der Waals surface area contributed by atoms with Gasteiger partial charge < -0.3 is 9.47 Å². The van der Waals surface area contributed by atoms with Crippen molar-refractivity contribution >= 4 is 5.91 Å². The summed E-state index contributed by atoms with van der Waals surface area (Å²) < 4.78 is 38.9. The van der Waals surface area contributed by atoms with Crippen molar-refractivity contribution < 1.29 is 18.0 Å². The van der Waals surface area contributed by atoms with Gasteiger partial charge in [0.15, 0.2) is 5.82 Å². The fourth-order valence-corrected chi connectivity index (χ4v) is 1.93. The maximum absolute atomic E-state index is 12.6. The summed E-state index contributed by atoms with van der Waals surface area (Å²) in [5, 5.41) is 9.38. The molecule has 1 aromatic rings. The van der Waals surface area contributed by atoms with Gasteiger partial charge in [-0.1, -0.05) is 5.92 Å². The van der Waals surface area contributed by atoms with E-state index in [0.29, 0.717) is 0 Å². The largest absolute Gasteiger partial charge is 0.451 e. The number of rotatable bonds is 3. The molecule has 0 radical (unpaired) electrons. The molecule has 1 aliphatic heterocycles. The Labute approximate surface area is 113 Å². The van der Waals surface area contributed by atoms with Gasteiger partial charge in [0.2, 0.25) is 11.7 Å². The van der Waals surface area contributed by atoms with Crippen molar-refractivity contribution in [3.8, 4) is 12.3 Å². The lowest BCUT2D eigenvalue weighted by Gasteiger charge is -2.28. The standard InChI is InChI=1S/C11H12F3N5O/c1-2-3-15-6-9(20)18-4-5-19-8(7-18)16-17-10(19)11(12,13)14/h1,15H,3-7H2. The van der Waals surface area contributed by atoms with Crippen LogP contribution in [-0.4, -0.2) is 45.2 Å². The lowest BCUT2D eigenvalue weighted by molar-refractivity contribution is -0.148. The molecule has 0 aromatic carbocycles. The van der Waals surface area contributed by atoms with E-state index < -0.39 is 12.0 Å². The summed E-state index contributed by atoms with van der Waals surface area (Å²) in [5.41, 5.74) is 0. The Kier molecular flexibility index (Phi) is 3.94. The molecule has 0 fully saturated rings. The Balaban J connectivity index is 2.04. The fraction of sp³-hybridized carbons (Fsp3) is 0.545. The van der Waals surface area contributed by atoms with Gasteiger partial charge in [-0.3, -0.25) is 10.1 Å². The average Bonchev–Trinajstić information content (AvgIpc) is 2.81. The number of aromatic nitrogens is 3. The summed E-state index contributed by atoms with van der Waals surface area (Å²) in [4.78, 5) is 13.2. The van der Waals surface area contributed by atoms with Gasteiger partial charge in [-0.05, 0) is 0 Å². The van der Waals surface area contributed by atoms with Gasteiger partial charge in [0, 0.05) is 13.1 Å². The van der Waals surface area contributed by atoms with Crippen molar-refractivity contribution in [2.45, 2.75) is 19.3 Å². The predicted octanol–water partition coefficient (Wildman–Crippen LogP) is -0.138. The molecule has 0 aliphatic carbocycles. The second kappa shape index (κ2) is 5.50. The Morgan fingerprint density at radius 2 is 2.15 bits per heavy atom. The van der Waals surface area contributed by atoms with E-state index in [9.17, 15) is 18.0 Å². The molecular weight excluding hydrogens is 275 g/mol. The van der Waals surface area contributed by atoms with Gasteiger partial charge in [-0.2, -0.15) is 13.2 Å². The molecule has 0 atom stereocenters. The van der Waals surface area contributed by atoms with Gasteiger partial charge in [0.1, 0.15) is 0 Å². The summed E-state index contributed by atoms with van der Waals surface area (Å²) in [6, 6.07) is 0. The molecule has 20 heavy (non-hydrogen) atoms. The van der Waals surface area contributed by atoms with Crippen molar-refractivity contribution in [1.82, 2.24) is 25.0 Å². The summed E-state index contributed by atoms with van der Waals surface area (Å²) in [5.74, 6) is 1.21. The number of fused-ring (bicyclic) bond motifs is 1. The highest BCUT2D eigenvalue weighted by atomic mass is 19.4. The number of hydrogen-bond acceptors (Lipinski definition) is 4. The maximum atomic E-state index is 12.6. The molecule has 1 N–H and O–H groups in total. The average molecular weight is 287 g/mol. The Morgan fingerprint density at radius 1 is 1.40 bits per heavy atom. The first-order chi connectivity index (χ1) is 9.43. The van der Waals surface area contributed by atoms with Gasteiger partial charge in [-0.15, -0.1) is 16.6 Å². The molecule has 0 saturated heterocycles. The van der Waals surface area contributed by atoms with Gasteiger partial charge in [-0.25, -0.2) is 0 Å². The maximum Gasteiger partial charge on any atom is 0.451 e. The molecule has 2 heterocycles. The SMILES string of the molecule is C#CCNCC(=O)N1CCn2c(nnc2C(F)(F)F)C1. The summed E-state index contributed by atoms with van der Waals surface area (Å²) >= 11 is 0. The van der Waals surface area contributed by atoms with Gasteiger partial charge in [0.05, 0.1) is 19.6 Å². The van der Waals surface area contributed by atoms with Crippen LogP contribution in [0.15, 0.2) is 0 Å².